The zero-order chi connectivity index (χ0) is 17.4. The average molecular weight is 334 g/mol. The summed E-state index contributed by atoms with van der Waals surface area (Å²) in [6.07, 6.45) is 0.950. The van der Waals surface area contributed by atoms with Gasteiger partial charge in [0.05, 0.1) is 0 Å². The highest BCUT2D eigenvalue weighted by Gasteiger charge is 2.29. The Morgan fingerprint density at radius 2 is 2.12 bits per heavy atom. The molecule has 0 saturated carbocycles. The van der Waals surface area contributed by atoms with Gasteiger partial charge < -0.3 is 15.2 Å². The number of hydrogen-bond donors (Lipinski definition) is 2. The first-order chi connectivity index (χ1) is 12.1. The predicted octanol–water partition coefficient (Wildman–Crippen LogP) is 3.54. The van der Waals surface area contributed by atoms with Gasteiger partial charge in [-0.3, -0.25) is 9.78 Å². The van der Waals surface area contributed by atoms with E-state index < -0.39 is 0 Å². The number of rotatable bonds is 3. The summed E-state index contributed by atoms with van der Waals surface area (Å²) in [5.41, 5.74) is 4.80. The molecule has 1 aliphatic heterocycles. The molecule has 1 aromatic carbocycles. The minimum absolute atomic E-state index is 0.0696. The van der Waals surface area contributed by atoms with Crippen LogP contribution in [0.25, 0.3) is 10.9 Å². The maximum Gasteiger partial charge on any atom is 0.270 e. The van der Waals surface area contributed by atoms with Crippen molar-refractivity contribution in [2.24, 2.45) is 0 Å². The lowest BCUT2D eigenvalue weighted by Gasteiger charge is -2.16. The fourth-order valence-corrected chi connectivity index (χ4v) is 3.59. The zero-order valence-corrected chi connectivity index (χ0v) is 14.5. The number of H-pyrrole nitrogens is 1. The highest BCUT2D eigenvalue weighted by molar-refractivity contribution is 5.98. The highest BCUT2D eigenvalue weighted by Crippen LogP contribution is 2.29. The second kappa shape index (κ2) is 6.24. The number of benzene rings is 1. The summed E-state index contributed by atoms with van der Waals surface area (Å²) in [7, 11) is 1.92. The Labute approximate surface area is 147 Å². The quantitative estimate of drug-likeness (QED) is 0.770. The first-order valence-electron chi connectivity index (χ1n) is 8.67. The van der Waals surface area contributed by atoms with Gasteiger partial charge in [-0.15, -0.1) is 0 Å². The molecule has 1 fully saturated rings. The number of aromatic amines is 1. The van der Waals surface area contributed by atoms with Crippen LogP contribution in [0.2, 0.25) is 0 Å². The molecule has 0 spiro atoms. The van der Waals surface area contributed by atoms with Crippen LogP contribution in [0.4, 0.5) is 5.69 Å². The van der Waals surface area contributed by atoms with E-state index in [0.29, 0.717) is 18.2 Å². The first-order valence-corrected chi connectivity index (χ1v) is 8.67. The van der Waals surface area contributed by atoms with Crippen LogP contribution < -0.4 is 5.32 Å². The molecule has 4 rings (SSSR count). The van der Waals surface area contributed by atoms with Gasteiger partial charge in [-0.25, -0.2) is 0 Å². The lowest BCUT2D eigenvalue weighted by atomic mass is 10.0. The van der Waals surface area contributed by atoms with E-state index in [4.69, 9.17) is 0 Å². The van der Waals surface area contributed by atoms with Crippen molar-refractivity contribution in [3.05, 3.63) is 59.5 Å². The number of fused-ring (bicyclic) bond motifs is 1. The van der Waals surface area contributed by atoms with Crippen LogP contribution in [0.3, 0.4) is 0 Å². The Balaban J connectivity index is 1.53. The number of anilines is 1. The summed E-state index contributed by atoms with van der Waals surface area (Å²) in [4.78, 5) is 22.7. The van der Waals surface area contributed by atoms with Gasteiger partial charge in [0, 0.05) is 54.0 Å². The topological polar surface area (TPSA) is 61.0 Å². The van der Waals surface area contributed by atoms with Crippen molar-refractivity contribution in [2.45, 2.75) is 19.3 Å². The van der Waals surface area contributed by atoms with E-state index in [9.17, 15) is 4.79 Å². The van der Waals surface area contributed by atoms with Gasteiger partial charge in [-0.1, -0.05) is 18.2 Å². The van der Waals surface area contributed by atoms with Crippen LogP contribution in [0, 0.1) is 6.92 Å². The number of aryl methyl sites for hydroxylation is 1. The molecule has 3 aromatic rings. The number of amides is 1. The molecule has 1 atom stereocenters. The Morgan fingerprint density at radius 1 is 1.28 bits per heavy atom. The van der Waals surface area contributed by atoms with Crippen LogP contribution in [0.5, 0.6) is 0 Å². The van der Waals surface area contributed by atoms with Crippen LogP contribution >= 0.6 is 0 Å². The van der Waals surface area contributed by atoms with Gasteiger partial charge in [0.25, 0.3) is 5.91 Å². The van der Waals surface area contributed by atoms with Crippen molar-refractivity contribution < 1.29 is 4.79 Å². The number of aromatic nitrogens is 2. The summed E-state index contributed by atoms with van der Waals surface area (Å²) >= 11 is 0. The molecule has 0 bridgehead atoms. The van der Waals surface area contributed by atoms with Crippen LogP contribution in [0.15, 0.2) is 42.5 Å². The number of carbonyl (C=O) groups is 1. The second-order valence-electron chi connectivity index (χ2n) is 6.68. The number of nitrogens with one attached hydrogen (secondary N) is 2. The summed E-state index contributed by atoms with van der Waals surface area (Å²) in [6.45, 7) is 3.49. The lowest BCUT2D eigenvalue weighted by molar-refractivity contribution is 0.0786. The van der Waals surface area contributed by atoms with Gasteiger partial charge in [0.2, 0.25) is 0 Å². The molecule has 0 unspecified atom stereocenters. The summed E-state index contributed by atoms with van der Waals surface area (Å²) in [5.74, 6) is 0.362. The van der Waals surface area contributed by atoms with E-state index in [0.717, 1.165) is 40.9 Å². The van der Waals surface area contributed by atoms with Gasteiger partial charge in [-0.2, -0.15) is 0 Å². The maximum atomic E-state index is 12.8. The van der Waals surface area contributed by atoms with E-state index in [1.165, 1.54) is 0 Å². The molecule has 2 aromatic heterocycles. The number of nitrogens with zero attached hydrogens (tertiary/aromatic N) is 2. The molecule has 5 heteroatoms. The SMILES string of the molecule is CNc1cc(C)nc([C@@H]2CCN(C(=O)c3cc4ccccc4[nH]3)C2)c1. The Morgan fingerprint density at radius 3 is 2.92 bits per heavy atom. The molecule has 1 saturated heterocycles. The molecular formula is C20H22N4O. The Bertz CT molecular complexity index is 897. The summed E-state index contributed by atoms with van der Waals surface area (Å²) in [5, 5.41) is 4.25. The normalized spacial score (nSPS) is 17.2. The third-order valence-electron chi connectivity index (χ3n) is 4.92. The van der Waals surface area contributed by atoms with Crippen molar-refractivity contribution >= 4 is 22.5 Å². The molecule has 25 heavy (non-hydrogen) atoms. The van der Waals surface area contributed by atoms with Gasteiger partial charge in [-0.05, 0) is 37.6 Å². The minimum Gasteiger partial charge on any atom is -0.388 e. The monoisotopic (exact) mass is 334 g/mol. The van der Waals surface area contributed by atoms with Crippen molar-refractivity contribution in [1.29, 1.82) is 0 Å². The van der Waals surface area contributed by atoms with Crippen LogP contribution in [-0.4, -0.2) is 40.9 Å². The molecule has 0 radical (unpaired) electrons. The largest absolute Gasteiger partial charge is 0.388 e. The molecule has 128 valence electrons. The molecule has 1 aliphatic rings. The van der Waals surface area contributed by atoms with Gasteiger partial charge in [0.15, 0.2) is 0 Å². The highest BCUT2D eigenvalue weighted by atomic mass is 16.2. The maximum absolute atomic E-state index is 12.8. The molecule has 1 amide bonds. The Hall–Kier alpha value is -2.82. The molecule has 0 aliphatic carbocycles. The molecule has 2 N–H and O–H groups in total. The third-order valence-corrected chi connectivity index (χ3v) is 4.92. The smallest absolute Gasteiger partial charge is 0.270 e. The molecule has 3 heterocycles. The minimum atomic E-state index is 0.0696. The zero-order valence-electron chi connectivity index (χ0n) is 14.5. The Kier molecular flexibility index (Phi) is 3.92. The first kappa shape index (κ1) is 15.7. The van der Waals surface area contributed by atoms with Crippen LogP contribution in [0.1, 0.15) is 34.2 Å². The number of hydrogen-bond acceptors (Lipinski definition) is 3. The van der Waals surface area contributed by atoms with E-state index in [1.807, 2.05) is 55.3 Å². The van der Waals surface area contributed by atoms with E-state index >= 15 is 0 Å². The molecular weight excluding hydrogens is 312 g/mol. The van der Waals surface area contributed by atoms with Crippen molar-refractivity contribution in [1.82, 2.24) is 14.9 Å². The molecule has 5 nitrogen and oxygen atoms in total. The van der Waals surface area contributed by atoms with E-state index in [1.54, 1.807) is 0 Å². The third kappa shape index (κ3) is 2.97. The standard InChI is InChI=1S/C20H22N4O/c1-13-9-16(21-2)11-18(22-13)15-7-8-24(12-15)20(25)19-10-14-5-3-4-6-17(14)23-19/h3-6,9-11,15,23H,7-8,12H2,1-2H3,(H,21,22)/t15-/m1/s1. The second-order valence-corrected chi connectivity index (χ2v) is 6.68. The summed E-state index contributed by atoms with van der Waals surface area (Å²) < 4.78 is 0. The number of carbonyl (C=O) groups excluding carboxylic acids is 1. The fraction of sp³-hybridized carbons (Fsp3) is 0.300. The fourth-order valence-electron chi connectivity index (χ4n) is 3.59. The van der Waals surface area contributed by atoms with E-state index in [2.05, 4.69) is 21.4 Å². The predicted molar refractivity (Wildman–Crippen MR) is 100 cm³/mol. The number of pyridine rings is 1. The summed E-state index contributed by atoms with van der Waals surface area (Å²) in [6, 6.07) is 14.0. The van der Waals surface area contributed by atoms with Gasteiger partial charge >= 0.3 is 0 Å². The van der Waals surface area contributed by atoms with Gasteiger partial charge in [0.1, 0.15) is 5.69 Å². The average Bonchev–Trinajstić information content (AvgIpc) is 3.27. The number of para-hydroxylation sites is 1. The number of likely N-dealkylation sites (tertiary alicyclic amines) is 1. The van der Waals surface area contributed by atoms with Crippen molar-refractivity contribution in [3.8, 4) is 0 Å². The lowest BCUT2D eigenvalue weighted by Crippen LogP contribution is -2.28. The van der Waals surface area contributed by atoms with Crippen LogP contribution in [-0.2, 0) is 0 Å². The van der Waals surface area contributed by atoms with E-state index in [-0.39, 0.29) is 5.91 Å². The van der Waals surface area contributed by atoms with Crippen molar-refractivity contribution in [2.75, 3.05) is 25.5 Å². The van der Waals surface area contributed by atoms with Crippen molar-refractivity contribution in [3.63, 3.8) is 0 Å².